The Morgan fingerprint density at radius 3 is 2.36 bits per heavy atom. The summed E-state index contributed by atoms with van der Waals surface area (Å²) < 4.78 is 37.8. The second kappa shape index (κ2) is 6.92. The summed E-state index contributed by atoms with van der Waals surface area (Å²) >= 11 is 5.91. The minimum atomic E-state index is -4.40. The zero-order valence-corrected chi connectivity index (χ0v) is 13.9. The quantitative estimate of drug-likeness (QED) is 0.809. The van der Waals surface area contributed by atoms with Crippen LogP contribution in [0.2, 0.25) is 5.02 Å². The van der Waals surface area contributed by atoms with Crippen molar-refractivity contribution in [3.63, 3.8) is 0 Å². The van der Waals surface area contributed by atoms with Gasteiger partial charge in [0.1, 0.15) is 5.82 Å². The van der Waals surface area contributed by atoms with Gasteiger partial charge in [-0.2, -0.15) is 13.2 Å². The van der Waals surface area contributed by atoms with Gasteiger partial charge in [0, 0.05) is 43.0 Å². The maximum absolute atomic E-state index is 12.6. The number of pyridine rings is 1. The van der Waals surface area contributed by atoms with Crippen molar-refractivity contribution in [1.82, 2.24) is 9.88 Å². The summed E-state index contributed by atoms with van der Waals surface area (Å²) in [6.07, 6.45) is -3.56. The molecule has 4 nitrogen and oxygen atoms in total. The van der Waals surface area contributed by atoms with Gasteiger partial charge in [0.25, 0.3) is 5.91 Å². The van der Waals surface area contributed by atoms with Gasteiger partial charge in [-0.05, 0) is 30.3 Å². The Balaban J connectivity index is 1.63. The second-order valence-electron chi connectivity index (χ2n) is 5.69. The van der Waals surface area contributed by atoms with Crippen molar-refractivity contribution in [1.29, 1.82) is 0 Å². The zero-order valence-electron chi connectivity index (χ0n) is 13.1. The van der Waals surface area contributed by atoms with E-state index in [2.05, 4.69) is 4.98 Å². The minimum absolute atomic E-state index is 0.109. The molecule has 0 spiro atoms. The molecular weight excluding hydrogens is 355 g/mol. The van der Waals surface area contributed by atoms with Crippen molar-refractivity contribution < 1.29 is 18.0 Å². The average Bonchev–Trinajstić information content (AvgIpc) is 2.61. The summed E-state index contributed by atoms with van der Waals surface area (Å²) in [4.78, 5) is 19.9. The van der Waals surface area contributed by atoms with Gasteiger partial charge in [0.05, 0.1) is 5.56 Å². The van der Waals surface area contributed by atoms with Gasteiger partial charge in [0.2, 0.25) is 0 Å². The Morgan fingerprint density at radius 1 is 1.08 bits per heavy atom. The number of amides is 1. The molecule has 0 unspecified atom stereocenters. The number of hydrogen-bond donors (Lipinski definition) is 0. The van der Waals surface area contributed by atoms with Crippen LogP contribution in [0.1, 0.15) is 15.9 Å². The van der Waals surface area contributed by atoms with Crippen LogP contribution in [0.3, 0.4) is 0 Å². The average molecular weight is 370 g/mol. The van der Waals surface area contributed by atoms with Crippen LogP contribution < -0.4 is 4.90 Å². The SMILES string of the molecule is O=C(c1cccc(Cl)c1)N1CCN(c2ccc(C(F)(F)F)cn2)CC1. The number of alkyl halides is 3. The van der Waals surface area contributed by atoms with Crippen molar-refractivity contribution in [3.05, 3.63) is 58.7 Å². The highest BCUT2D eigenvalue weighted by Crippen LogP contribution is 2.29. The van der Waals surface area contributed by atoms with Crippen LogP contribution in [0, 0.1) is 0 Å². The fourth-order valence-corrected chi connectivity index (χ4v) is 2.87. The molecule has 0 radical (unpaired) electrons. The smallest absolute Gasteiger partial charge is 0.353 e. The third-order valence-electron chi connectivity index (χ3n) is 4.04. The summed E-state index contributed by atoms with van der Waals surface area (Å²) in [5.74, 6) is 0.366. The lowest BCUT2D eigenvalue weighted by Gasteiger charge is -2.35. The van der Waals surface area contributed by atoms with E-state index in [1.165, 1.54) is 6.07 Å². The third kappa shape index (κ3) is 4.04. The number of carbonyl (C=O) groups is 1. The van der Waals surface area contributed by atoms with Crippen LogP contribution in [0.25, 0.3) is 0 Å². The van der Waals surface area contributed by atoms with Crippen LogP contribution in [-0.4, -0.2) is 42.0 Å². The summed E-state index contributed by atoms with van der Waals surface area (Å²) in [5, 5.41) is 0.499. The third-order valence-corrected chi connectivity index (χ3v) is 4.27. The lowest BCUT2D eigenvalue weighted by Crippen LogP contribution is -2.49. The van der Waals surface area contributed by atoms with Crippen molar-refractivity contribution in [2.45, 2.75) is 6.18 Å². The molecule has 1 amide bonds. The summed E-state index contributed by atoms with van der Waals surface area (Å²) in [5.41, 5.74) is -0.250. The zero-order chi connectivity index (χ0) is 18.0. The molecule has 1 aromatic carbocycles. The Labute approximate surface area is 147 Å². The highest BCUT2D eigenvalue weighted by atomic mass is 35.5. The number of rotatable bonds is 2. The molecule has 132 valence electrons. The van der Waals surface area contributed by atoms with Gasteiger partial charge in [-0.3, -0.25) is 4.79 Å². The number of aromatic nitrogens is 1. The van der Waals surface area contributed by atoms with E-state index in [1.807, 2.05) is 4.90 Å². The molecule has 0 bridgehead atoms. The van der Waals surface area contributed by atoms with Crippen LogP contribution in [0.4, 0.5) is 19.0 Å². The minimum Gasteiger partial charge on any atom is -0.353 e. The van der Waals surface area contributed by atoms with Gasteiger partial charge in [-0.1, -0.05) is 17.7 Å². The number of hydrogen-bond acceptors (Lipinski definition) is 3. The molecule has 1 aliphatic rings. The van der Waals surface area contributed by atoms with Gasteiger partial charge in [-0.15, -0.1) is 0 Å². The largest absolute Gasteiger partial charge is 0.417 e. The number of carbonyl (C=O) groups excluding carboxylic acids is 1. The molecule has 2 heterocycles. The van der Waals surface area contributed by atoms with E-state index in [0.717, 1.165) is 12.3 Å². The molecule has 0 N–H and O–H groups in total. The van der Waals surface area contributed by atoms with Crippen molar-refractivity contribution in [2.24, 2.45) is 0 Å². The molecule has 0 atom stereocenters. The Morgan fingerprint density at radius 2 is 1.80 bits per heavy atom. The van der Waals surface area contributed by atoms with Crippen LogP contribution in [0.5, 0.6) is 0 Å². The molecule has 1 saturated heterocycles. The Kier molecular flexibility index (Phi) is 4.85. The topological polar surface area (TPSA) is 36.4 Å². The first-order valence-corrected chi connectivity index (χ1v) is 8.05. The van der Waals surface area contributed by atoms with Crippen LogP contribution in [0.15, 0.2) is 42.6 Å². The van der Waals surface area contributed by atoms with Gasteiger partial charge >= 0.3 is 6.18 Å². The van der Waals surface area contributed by atoms with Crippen molar-refractivity contribution in [2.75, 3.05) is 31.1 Å². The normalized spacial score (nSPS) is 15.4. The van der Waals surface area contributed by atoms with Gasteiger partial charge < -0.3 is 9.80 Å². The van der Waals surface area contributed by atoms with Crippen LogP contribution >= 0.6 is 11.6 Å². The molecule has 25 heavy (non-hydrogen) atoms. The number of nitrogens with zero attached hydrogens (tertiary/aromatic N) is 3. The number of benzene rings is 1. The predicted molar refractivity (Wildman–Crippen MR) is 88.8 cm³/mol. The summed E-state index contributed by atoms with van der Waals surface area (Å²) in [6, 6.07) is 9.12. The maximum Gasteiger partial charge on any atom is 0.417 e. The van der Waals surface area contributed by atoms with E-state index >= 15 is 0 Å². The molecule has 1 aliphatic heterocycles. The molecule has 0 aliphatic carbocycles. The first-order valence-electron chi connectivity index (χ1n) is 7.67. The fraction of sp³-hybridized carbons (Fsp3) is 0.294. The second-order valence-corrected chi connectivity index (χ2v) is 6.13. The molecule has 0 saturated carbocycles. The van der Waals surface area contributed by atoms with Crippen molar-refractivity contribution in [3.8, 4) is 0 Å². The molecule has 3 rings (SSSR count). The highest BCUT2D eigenvalue weighted by molar-refractivity contribution is 6.30. The van der Waals surface area contributed by atoms with Gasteiger partial charge in [-0.25, -0.2) is 4.98 Å². The summed E-state index contributed by atoms with van der Waals surface area (Å²) in [6.45, 7) is 1.94. The molecule has 1 fully saturated rings. The number of anilines is 1. The van der Waals surface area contributed by atoms with Crippen LogP contribution in [-0.2, 0) is 6.18 Å². The molecular formula is C17H15ClF3N3O. The van der Waals surface area contributed by atoms with Gasteiger partial charge in [0.15, 0.2) is 0 Å². The van der Waals surface area contributed by atoms with E-state index in [4.69, 9.17) is 11.6 Å². The Bertz CT molecular complexity index is 756. The lowest BCUT2D eigenvalue weighted by molar-refractivity contribution is -0.137. The summed E-state index contributed by atoms with van der Waals surface area (Å²) in [7, 11) is 0. The van der Waals surface area contributed by atoms with E-state index < -0.39 is 11.7 Å². The van der Waals surface area contributed by atoms with E-state index in [1.54, 1.807) is 29.2 Å². The predicted octanol–water partition coefficient (Wildman–Crippen LogP) is 3.72. The van der Waals surface area contributed by atoms with Crippen molar-refractivity contribution >= 4 is 23.3 Å². The standard InChI is InChI=1S/C17H15ClF3N3O/c18-14-3-1-2-12(10-14)16(25)24-8-6-23(7-9-24)15-5-4-13(11-22-15)17(19,20)21/h1-5,10-11H,6-9H2. The lowest BCUT2D eigenvalue weighted by atomic mass is 10.2. The first-order chi connectivity index (χ1) is 11.8. The molecule has 1 aromatic heterocycles. The number of piperazine rings is 1. The highest BCUT2D eigenvalue weighted by Gasteiger charge is 2.31. The Hall–Kier alpha value is -2.28. The fourth-order valence-electron chi connectivity index (χ4n) is 2.68. The first kappa shape index (κ1) is 17.5. The van der Waals surface area contributed by atoms with E-state index in [9.17, 15) is 18.0 Å². The monoisotopic (exact) mass is 369 g/mol. The molecule has 2 aromatic rings. The van der Waals surface area contributed by atoms with E-state index in [0.29, 0.717) is 42.6 Å². The van der Waals surface area contributed by atoms with E-state index in [-0.39, 0.29) is 5.91 Å². The molecule has 8 heteroatoms. The maximum atomic E-state index is 12.6. The number of halogens is 4.